The first-order valence-corrected chi connectivity index (χ1v) is 6.19. The Labute approximate surface area is 109 Å². The molecule has 1 atom stereocenters. The van der Waals surface area contributed by atoms with Crippen LogP contribution in [0.15, 0.2) is 18.2 Å². The van der Waals surface area contributed by atoms with Crippen LogP contribution in [0.4, 0.5) is 0 Å². The molecule has 3 nitrogen and oxygen atoms in total. The van der Waals surface area contributed by atoms with Crippen LogP contribution in [0, 0.1) is 0 Å². The van der Waals surface area contributed by atoms with Gasteiger partial charge in [0.1, 0.15) is 5.75 Å². The highest BCUT2D eigenvalue weighted by Crippen LogP contribution is 2.23. The molecule has 1 rings (SSSR count). The number of hydrogen-bond acceptors (Lipinski definition) is 3. The minimum atomic E-state index is 0.389. The van der Waals surface area contributed by atoms with E-state index in [0.717, 1.165) is 29.3 Å². The number of rotatable bonds is 6. The lowest BCUT2D eigenvalue weighted by atomic mass is 10.1. The van der Waals surface area contributed by atoms with E-state index in [-0.39, 0.29) is 0 Å². The molecule has 1 aromatic carbocycles. The van der Waals surface area contributed by atoms with Crippen molar-refractivity contribution in [2.75, 3.05) is 27.2 Å². The smallest absolute Gasteiger partial charge is 0.122 e. The van der Waals surface area contributed by atoms with E-state index >= 15 is 0 Å². The summed E-state index contributed by atoms with van der Waals surface area (Å²) in [5.41, 5.74) is 6.77. The molecule has 0 fully saturated rings. The van der Waals surface area contributed by atoms with Gasteiger partial charge < -0.3 is 15.4 Å². The van der Waals surface area contributed by atoms with Crippen LogP contribution >= 0.6 is 11.6 Å². The first-order valence-electron chi connectivity index (χ1n) is 5.81. The second-order valence-electron chi connectivity index (χ2n) is 4.27. The van der Waals surface area contributed by atoms with E-state index in [4.69, 9.17) is 22.1 Å². The molecule has 0 amide bonds. The molecule has 96 valence electrons. The normalized spacial score (nSPS) is 12.8. The number of hydrogen-bond donors (Lipinski definition) is 1. The maximum absolute atomic E-state index is 5.99. The topological polar surface area (TPSA) is 38.5 Å². The van der Waals surface area contributed by atoms with Crippen molar-refractivity contribution in [3.8, 4) is 5.75 Å². The first-order chi connectivity index (χ1) is 8.08. The summed E-state index contributed by atoms with van der Waals surface area (Å²) in [7, 11) is 3.76. The first kappa shape index (κ1) is 14.3. The molecule has 0 bridgehead atoms. The third kappa shape index (κ3) is 4.19. The monoisotopic (exact) mass is 256 g/mol. The highest BCUT2D eigenvalue weighted by Gasteiger charge is 2.09. The van der Waals surface area contributed by atoms with Gasteiger partial charge in [-0.2, -0.15) is 0 Å². The van der Waals surface area contributed by atoms with E-state index in [1.54, 1.807) is 7.11 Å². The summed E-state index contributed by atoms with van der Waals surface area (Å²) >= 11 is 5.99. The summed E-state index contributed by atoms with van der Waals surface area (Å²) in [5, 5.41) is 0.746. The van der Waals surface area contributed by atoms with Crippen molar-refractivity contribution in [1.29, 1.82) is 0 Å². The predicted octanol–water partition coefficient (Wildman–Crippen LogP) is 2.17. The zero-order chi connectivity index (χ0) is 12.8. The maximum Gasteiger partial charge on any atom is 0.122 e. The molecule has 0 saturated carbocycles. The average Bonchev–Trinajstić information content (AvgIpc) is 2.35. The number of halogens is 1. The number of benzene rings is 1. The van der Waals surface area contributed by atoms with Gasteiger partial charge in [0.15, 0.2) is 0 Å². The molecule has 0 aromatic heterocycles. The largest absolute Gasteiger partial charge is 0.496 e. The van der Waals surface area contributed by atoms with Crippen molar-refractivity contribution in [2.45, 2.75) is 19.4 Å². The number of methoxy groups -OCH3 is 1. The lowest BCUT2D eigenvalue weighted by molar-refractivity contribution is 0.265. The Hall–Kier alpha value is -0.770. The van der Waals surface area contributed by atoms with Crippen molar-refractivity contribution in [3.05, 3.63) is 28.8 Å². The van der Waals surface area contributed by atoms with Crippen LogP contribution in [-0.4, -0.2) is 38.2 Å². The third-order valence-corrected chi connectivity index (χ3v) is 3.30. The van der Waals surface area contributed by atoms with Crippen LogP contribution in [0.25, 0.3) is 0 Å². The van der Waals surface area contributed by atoms with Crippen molar-refractivity contribution in [3.63, 3.8) is 0 Å². The van der Waals surface area contributed by atoms with E-state index in [1.807, 2.05) is 18.2 Å². The van der Waals surface area contributed by atoms with Gasteiger partial charge in [-0.1, -0.05) is 11.6 Å². The molecule has 1 aromatic rings. The van der Waals surface area contributed by atoms with Crippen LogP contribution in [-0.2, 0) is 6.42 Å². The molecule has 1 unspecified atom stereocenters. The minimum Gasteiger partial charge on any atom is -0.496 e. The second kappa shape index (κ2) is 6.84. The SMILES string of the molecule is COc1ccc(Cl)cc1CCN(C)C(C)CN. The number of likely N-dealkylation sites (N-methyl/N-ethyl adjacent to an activating group) is 1. The Bertz CT molecular complexity index is 357. The van der Waals surface area contributed by atoms with Gasteiger partial charge in [0.2, 0.25) is 0 Å². The van der Waals surface area contributed by atoms with Gasteiger partial charge >= 0.3 is 0 Å². The fourth-order valence-electron chi connectivity index (χ4n) is 1.64. The summed E-state index contributed by atoms with van der Waals surface area (Å²) in [6, 6.07) is 6.10. The molecule has 0 aliphatic carbocycles. The van der Waals surface area contributed by atoms with E-state index in [1.165, 1.54) is 0 Å². The fourth-order valence-corrected chi connectivity index (χ4v) is 1.83. The number of nitrogens with zero attached hydrogens (tertiary/aromatic N) is 1. The quantitative estimate of drug-likeness (QED) is 0.848. The van der Waals surface area contributed by atoms with Crippen LogP contribution in [0.1, 0.15) is 12.5 Å². The molecule has 17 heavy (non-hydrogen) atoms. The molecule has 0 radical (unpaired) electrons. The molecule has 0 aliphatic heterocycles. The summed E-state index contributed by atoms with van der Waals surface area (Å²) in [6.45, 7) is 3.73. The van der Waals surface area contributed by atoms with Crippen molar-refractivity contribution < 1.29 is 4.74 Å². The van der Waals surface area contributed by atoms with E-state index in [0.29, 0.717) is 12.6 Å². The Morgan fingerprint density at radius 1 is 1.47 bits per heavy atom. The maximum atomic E-state index is 5.99. The second-order valence-corrected chi connectivity index (χ2v) is 4.71. The number of nitrogens with two attached hydrogens (primary N) is 1. The van der Waals surface area contributed by atoms with Gasteiger partial charge in [-0.05, 0) is 44.2 Å². The van der Waals surface area contributed by atoms with Gasteiger partial charge in [-0.15, -0.1) is 0 Å². The molecule has 0 aliphatic rings. The van der Waals surface area contributed by atoms with Crippen molar-refractivity contribution in [2.24, 2.45) is 5.73 Å². The Morgan fingerprint density at radius 3 is 2.76 bits per heavy atom. The molecular weight excluding hydrogens is 236 g/mol. The van der Waals surface area contributed by atoms with Crippen LogP contribution < -0.4 is 10.5 Å². The lowest BCUT2D eigenvalue weighted by Crippen LogP contribution is -2.36. The zero-order valence-electron chi connectivity index (χ0n) is 10.7. The molecular formula is C13H21ClN2O. The summed E-state index contributed by atoms with van der Waals surface area (Å²) in [5.74, 6) is 0.892. The molecule has 0 heterocycles. The van der Waals surface area contributed by atoms with Crippen LogP contribution in [0.2, 0.25) is 5.02 Å². The summed E-state index contributed by atoms with van der Waals surface area (Å²) in [4.78, 5) is 2.24. The van der Waals surface area contributed by atoms with Crippen LogP contribution in [0.3, 0.4) is 0 Å². The molecule has 4 heteroatoms. The molecule has 0 saturated heterocycles. The van der Waals surface area contributed by atoms with Gasteiger partial charge in [-0.3, -0.25) is 0 Å². The van der Waals surface area contributed by atoms with E-state index < -0.39 is 0 Å². The van der Waals surface area contributed by atoms with Gasteiger partial charge in [-0.25, -0.2) is 0 Å². The van der Waals surface area contributed by atoms with Gasteiger partial charge in [0, 0.05) is 24.2 Å². The lowest BCUT2D eigenvalue weighted by Gasteiger charge is -2.23. The zero-order valence-corrected chi connectivity index (χ0v) is 11.5. The van der Waals surface area contributed by atoms with Crippen molar-refractivity contribution in [1.82, 2.24) is 4.90 Å². The van der Waals surface area contributed by atoms with Crippen molar-refractivity contribution >= 4 is 11.6 Å². The fraction of sp³-hybridized carbons (Fsp3) is 0.538. The average molecular weight is 257 g/mol. The molecule has 2 N–H and O–H groups in total. The standard InChI is InChI=1S/C13H21ClN2O/c1-10(9-15)16(2)7-6-11-8-12(14)4-5-13(11)17-3/h4-5,8,10H,6-7,9,15H2,1-3H3. The Balaban J connectivity index is 2.65. The van der Waals surface area contributed by atoms with Crippen LogP contribution in [0.5, 0.6) is 5.75 Å². The van der Waals surface area contributed by atoms with E-state index in [2.05, 4.69) is 18.9 Å². The highest BCUT2D eigenvalue weighted by atomic mass is 35.5. The Morgan fingerprint density at radius 2 is 2.18 bits per heavy atom. The minimum absolute atomic E-state index is 0.389. The van der Waals surface area contributed by atoms with Gasteiger partial charge in [0.05, 0.1) is 7.11 Å². The summed E-state index contributed by atoms with van der Waals surface area (Å²) in [6.07, 6.45) is 0.907. The summed E-state index contributed by atoms with van der Waals surface area (Å²) < 4.78 is 5.32. The molecule has 0 spiro atoms. The van der Waals surface area contributed by atoms with E-state index in [9.17, 15) is 0 Å². The number of ether oxygens (including phenoxy) is 1. The predicted molar refractivity (Wildman–Crippen MR) is 72.9 cm³/mol. The third-order valence-electron chi connectivity index (χ3n) is 3.07. The Kier molecular flexibility index (Phi) is 5.75. The highest BCUT2D eigenvalue weighted by molar-refractivity contribution is 6.30. The van der Waals surface area contributed by atoms with Gasteiger partial charge in [0.25, 0.3) is 0 Å².